The van der Waals surface area contributed by atoms with Crippen molar-refractivity contribution in [3.63, 3.8) is 0 Å². The Morgan fingerprint density at radius 3 is 2.06 bits per heavy atom. The molecule has 1 aromatic carbocycles. The van der Waals surface area contributed by atoms with Gasteiger partial charge in [-0.25, -0.2) is 0 Å². The second-order valence-corrected chi connectivity index (χ2v) is 3.16. The lowest BCUT2D eigenvalue weighted by Crippen LogP contribution is -2.17. The standard InChI is InChI=1S/C9H11NO2.H3O3P/c1-10-9(11)7-3-5-8(12-2)6-4-7;1-4(2)3/h3-6H,1-2H3,(H,10,11);4H,(H2,1,2,3). The summed E-state index contributed by atoms with van der Waals surface area (Å²) in [6.07, 6.45) is 0. The zero-order chi connectivity index (χ0) is 12.6. The number of amides is 1. The van der Waals surface area contributed by atoms with Crippen molar-refractivity contribution in [2.45, 2.75) is 0 Å². The number of carbonyl (C=O) groups is 1. The second-order valence-electron chi connectivity index (χ2n) is 2.59. The van der Waals surface area contributed by atoms with Gasteiger partial charge in [0.15, 0.2) is 0 Å². The Kier molecular flexibility index (Phi) is 7.20. The summed E-state index contributed by atoms with van der Waals surface area (Å²) in [5.41, 5.74) is 0.637. The van der Waals surface area contributed by atoms with Crippen molar-refractivity contribution in [1.82, 2.24) is 5.32 Å². The first kappa shape index (κ1) is 14.6. The van der Waals surface area contributed by atoms with Crippen LogP contribution in [0.4, 0.5) is 0 Å². The maximum atomic E-state index is 11.1. The Morgan fingerprint density at radius 2 is 1.75 bits per heavy atom. The van der Waals surface area contributed by atoms with Gasteiger partial charge in [0.1, 0.15) is 5.75 Å². The first-order valence-electron chi connectivity index (χ1n) is 4.29. The van der Waals surface area contributed by atoms with E-state index in [1.807, 2.05) is 0 Å². The quantitative estimate of drug-likeness (QED) is 0.658. The largest absolute Gasteiger partial charge is 0.497 e. The molecule has 0 aliphatic rings. The summed E-state index contributed by atoms with van der Waals surface area (Å²) in [4.78, 5) is 25.4. The van der Waals surface area contributed by atoms with Crippen LogP contribution in [0.1, 0.15) is 10.4 Å². The van der Waals surface area contributed by atoms with Gasteiger partial charge in [0.2, 0.25) is 0 Å². The number of nitrogens with one attached hydrogen (secondary N) is 1. The summed E-state index contributed by atoms with van der Waals surface area (Å²) in [6, 6.07) is 6.95. The van der Waals surface area contributed by atoms with Crippen LogP contribution in [0.5, 0.6) is 5.75 Å². The van der Waals surface area contributed by atoms with Crippen molar-refractivity contribution in [1.29, 1.82) is 0 Å². The topological polar surface area (TPSA) is 95.9 Å². The van der Waals surface area contributed by atoms with Gasteiger partial charge in [0.25, 0.3) is 5.91 Å². The normalized spacial score (nSPS) is 9.06. The van der Waals surface area contributed by atoms with Gasteiger partial charge in [0, 0.05) is 12.6 Å². The Morgan fingerprint density at radius 1 is 1.31 bits per heavy atom. The molecule has 0 saturated carbocycles. The molecule has 1 aromatic rings. The highest BCUT2D eigenvalue weighted by Crippen LogP contribution is 2.10. The summed E-state index contributed by atoms with van der Waals surface area (Å²) >= 11 is 0. The van der Waals surface area contributed by atoms with Crippen LogP contribution >= 0.6 is 8.25 Å². The van der Waals surface area contributed by atoms with Crippen molar-refractivity contribution in [3.05, 3.63) is 29.8 Å². The highest BCUT2D eigenvalue weighted by Gasteiger charge is 2.01. The number of rotatable bonds is 2. The van der Waals surface area contributed by atoms with Gasteiger partial charge in [-0.15, -0.1) is 0 Å². The molecular formula is C9H14NO5P. The molecule has 90 valence electrons. The predicted octanol–water partition coefficient (Wildman–Crippen LogP) is 0.415. The molecule has 6 nitrogen and oxygen atoms in total. The molecule has 1 amide bonds. The van der Waals surface area contributed by atoms with E-state index >= 15 is 0 Å². The van der Waals surface area contributed by atoms with Crippen molar-refractivity contribution in [2.24, 2.45) is 0 Å². The first-order valence-corrected chi connectivity index (χ1v) is 5.59. The molecular weight excluding hydrogens is 233 g/mol. The van der Waals surface area contributed by atoms with Crippen LogP contribution in [0.25, 0.3) is 0 Å². The predicted molar refractivity (Wildman–Crippen MR) is 59.8 cm³/mol. The minimum Gasteiger partial charge on any atom is -0.497 e. The van der Waals surface area contributed by atoms with Gasteiger partial charge >= 0.3 is 8.25 Å². The van der Waals surface area contributed by atoms with E-state index in [0.717, 1.165) is 5.75 Å². The average Bonchev–Trinajstić information content (AvgIpc) is 2.27. The van der Waals surface area contributed by atoms with Gasteiger partial charge in [0.05, 0.1) is 7.11 Å². The summed E-state index contributed by atoms with van der Waals surface area (Å²) in [5, 5.41) is 2.54. The third-order valence-corrected chi connectivity index (χ3v) is 1.58. The van der Waals surface area contributed by atoms with Crippen LogP contribution in [-0.2, 0) is 4.57 Å². The molecule has 0 saturated heterocycles. The molecule has 3 N–H and O–H groups in total. The molecule has 0 aromatic heterocycles. The molecule has 0 bridgehead atoms. The Labute approximate surface area is 93.8 Å². The summed E-state index contributed by atoms with van der Waals surface area (Å²) < 4.78 is 13.7. The Bertz CT molecular complexity index is 347. The monoisotopic (exact) mass is 247 g/mol. The maximum Gasteiger partial charge on any atom is 0.314 e. The van der Waals surface area contributed by atoms with Crippen molar-refractivity contribution in [3.8, 4) is 5.75 Å². The Hall–Kier alpha value is -1.36. The van der Waals surface area contributed by atoms with E-state index < -0.39 is 8.25 Å². The summed E-state index contributed by atoms with van der Waals surface area (Å²) in [6.45, 7) is 0. The van der Waals surface area contributed by atoms with Crippen LogP contribution in [0.3, 0.4) is 0 Å². The van der Waals surface area contributed by atoms with Crippen molar-refractivity contribution >= 4 is 14.2 Å². The molecule has 16 heavy (non-hydrogen) atoms. The van der Waals surface area contributed by atoms with E-state index in [-0.39, 0.29) is 5.91 Å². The number of methoxy groups -OCH3 is 1. The van der Waals surface area contributed by atoms with Crippen molar-refractivity contribution < 1.29 is 23.9 Å². The van der Waals surface area contributed by atoms with Gasteiger partial charge < -0.3 is 19.8 Å². The SMILES string of the molecule is CNC(=O)c1ccc(OC)cc1.O=[PH](O)O. The molecule has 0 atom stereocenters. The lowest BCUT2D eigenvalue weighted by molar-refractivity contribution is 0.0963. The number of carbonyl (C=O) groups excluding carboxylic acids is 1. The fraction of sp³-hybridized carbons (Fsp3) is 0.222. The lowest BCUT2D eigenvalue weighted by atomic mass is 10.2. The molecule has 1 rings (SSSR count). The number of benzene rings is 1. The lowest BCUT2D eigenvalue weighted by Gasteiger charge is -2.01. The Balaban J connectivity index is 0.000000487. The van der Waals surface area contributed by atoms with E-state index in [1.165, 1.54) is 0 Å². The van der Waals surface area contributed by atoms with Crippen LogP contribution in [0.2, 0.25) is 0 Å². The van der Waals surface area contributed by atoms with E-state index in [0.29, 0.717) is 5.56 Å². The average molecular weight is 247 g/mol. The number of ether oxygens (including phenoxy) is 1. The molecule has 0 aliphatic heterocycles. The van der Waals surface area contributed by atoms with E-state index in [4.69, 9.17) is 19.1 Å². The smallest absolute Gasteiger partial charge is 0.314 e. The van der Waals surface area contributed by atoms with E-state index in [1.54, 1.807) is 38.4 Å². The number of hydrogen-bond donors (Lipinski definition) is 3. The van der Waals surface area contributed by atoms with Gasteiger partial charge in [-0.05, 0) is 24.3 Å². The molecule has 0 spiro atoms. The minimum absolute atomic E-state index is 0.0855. The summed E-state index contributed by atoms with van der Waals surface area (Å²) in [5.74, 6) is 0.667. The highest BCUT2D eigenvalue weighted by molar-refractivity contribution is 7.30. The molecule has 0 fully saturated rings. The van der Waals surface area contributed by atoms with Crippen LogP contribution in [0.15, 0.2) is 24.3 Å². The zero-order valence-corrected chi connectivity index (χ0v) is 9.93. The molecule has 0 unspecified atom stereocenters. The summed E-state index contributed by atoms with van der Waals surface area (Å²) in [7, 11) is 0.0663. The fourth-order valence-corrected chi connectivity index (χ4v) is 0.887. The van der Waals surface area contributed by atoms with Crippen molar-refractivity contribution in [2.75, 3.05) is 14.2 Å². The minimum atomic E-state index is -3.13. The molecule has 0 radical (unpaired) electrons. The van der Waals surface area contributed by atoms with Gasteiger partial charge in [-0.3, -0.25) is 9.36 Å². The third kappa shape index (κ3) is 6.19. The first-order chi connectivity index (χ1) is 7.51. The van der Waals surface area contributed by atoms with Crippen LogP contribution in [-0.4, -0.2) is 29.9 Å². The van der Waals surface area contributed by atoms with Crippen LogP contribution in [0, 0.1) is 0 Å². The van der Waals surface area contributed by atoms with Gasteiger partial charge in [-0.1, -0.05) is 0 Å². The zero-order valence-electron chi connectivity index (χ0n) is 8.93. The van der Waals surface area contributed by atoms with E-state index in [2.05, 4.69) is 5.32 Å². The number of hydrogen-bond acceptors (Lipinski definition) is 3. The second kappa shape index (κ2) is 7.87. The molecule has 7 heteroatoms. The molecule has 0 aliphatic carbocycles. The maximum absolute atomic E-state index is 11.1. The molecule has 0 heterocycles. The van der Waals surface area contributed by atoms with Gasteiger partial charge in [-0.2, -0.15) is 0 Å². The van der Waals surface area contributed by atoms with E-state index in [9.17, 15) is 4.79 Å². The third-order valence-electron chi connectivity index (χ3n) is 1.58. The highest BCUT2D eigenvalue weighted by atomic mass is 31.1. The fourth-order valence-electron chi connectivity index (χ4n) is 0.887. The van der Waals surface area contributed by atoms with Crippen LogP contribution < -0.4 is 10.1 Å².